The van der Waals surface area contributed by atoms with E-state index in [4.69, 9.17) is 0 Å². The number of nitrogens with zero attached hydrogens (tertiary/aromatic N) is 4. The van der Waals surface area contributed by atoms with Crippen LogP contribution in [0.25, 0.3) is 0 Å². The quantitative estimate of drug-likeness (QED) is 0.453. The lowest BCUT2D eigenvalue weighted by Crippen LogP contribution is -3.00. The first kappa shape index (κ1) is 21.9. The molecule has 148 valence electrons. The van der Waals surface area contributed by atoms with Crippen molar-refractivity contribution in [3.05, 3.63) is 66.4 Å². The van der Waals surface area contributed by atoms with Crippen molar-refractivity contribution in [2.75, 3.05) is 23.3 Å². The zero-order valence-corrected chi connectivity index (χ0v) is 18.0. The third-order valence-electron chi connectivity index (χ3n) is 4.33. The SMILES string of the molecule is CCN(CC)c1cn(C)[c+](N=Nc2ccc(NCc3ccccc3)cc2)s1.[Cl-]. The monoisotopic (exact) mass is 415 g/mol. The maximum atomic E-state index is 4.43. The van der Waals surface area contributed by atoms with Crippen LogP contribution in [0.4, 0.5) is 21.5 Å². The molecule has 0 aliphatic rings. The molecular weight excluding hydrogens is 390 g/mol. The van der Waals surface area contributed by atoms with Crippen molar-refractivity contribution in [2.45, 2.75) is 20.4 Å². The van der Waals surface area contributed by atoms with Gasteiger partial charge >= 0.3 is 5.13 Å². The van der Waals surface area contributed by atoms with Crippen molar-refractivity contribution in [2.24, 2.45) is 17.3 Å². The topological polar surface area (TPSA) is 44.9 Å². The molecule has 2 aromatic carbocycles. The Kier molecular flexibility index (Phi) is 8.42. The van der Waals surface area contributed by atoms with E-state index in [1.54, 1.807) is 11.3 Å². The number of nitrogens with one attached hydrogen (secondary N) is 1. The zero-order valence-electron chi connectivity index (χ0n) is 16.5. The van der Waals surface area contributed by atoms with E-state index < -0.39 is 0 Å². The number of halogens is 1. The summed E-state index contributed by atoms with van der Waals surface area (Å²) < 4.78 is 2.03. The fourth-order valence-electron chi connectivity index (χ4n) is 2.73. The van der Waals surface area contributed by atoms with Gasteiger partial charge in [0.25, 0.3) is 5.00 Å². The average Bonchev–Trinajstić information content (AvgIpc) is 3.07. The van der Waals surface area contributed by atoms with Crippen molar-refractivity contribution in [1.29, 1.82) is 0 Å². The smallest absolute Gasteiger partial charge is 0.319 e. The molecule has 28 heavy (non-hydrogen) atoms. The molecule has 1 heterocycles. The molecule has 0 bridgehead atoms. The van der Waals surface area contributed by atoms with Gasteiger partial charge in [0.1, 0.15) is 0 Å². The summed E-state index contributed by atoms with van der Waals surface area (Å²) in [6.07, 6.45) is 2.11. The molecule has 3 aromatic rings. The van der Waals surface area contributed by atoms with Crippen LogP contribution in [0.1, 0.15) is 19.4 Å². The summed E-state index contributed by atoms with van der Waals surface area (Å²) in [5.74, 6) is 0. The minimum atomic E-state index is 0. The summed E-state index contributed by atoms with van der Waals surface area (Å²) >= 11 is 1.66. The van der Waals surface area contributed by atoms with Crippen LogP contribution in [0.15, 0.2) is 71.0 Å². The summed E-state index contributed by atoms with van der Waals surface area (Å²) in [6, 6.07) is 18.4. The number of aryl methyl sites for hydroxylation is 1. The van der Waals surface area contributed by atoms with Crippen LogP contribution in [-0.2, 0) is 13.6 Å². The Morgan fingerprint density at radius 1 is 1.04 bits per heavy atom. The number of anilines is 2. The van der Waals surface area contributed by atoms with Crippen molar-refractivity contribution in [3.8, 4) is 0 Å². The third kappa shape index (κ3) is 5.78. The van der Waals surface area contributed by atoms with Crippen LogP contribution in [0.5, 0.6) is 0 Å². The van der Waals surface area contributed by atoms with Gasteiger partial charge in [0.05, 0.1) is 17.0 Å². The fraction of sp³-hybridized carbons (Fsp3) is 0.286. The Hall–Kier alpha value is -2.44. The number of hydrogen-bond donors (Lipinski definition) is 1. The molecule has 7 heteroatoms. The Bertz CT molecular complexity index is 874. The first-order chi connectivity index (χ1) is 13.2. The molecule has 0 radical (unpaired) electrons. The third-order valence-corrected chi connectivity index (χ3v) is 5.46. The molecule has 0 fully saturated rings. The van der Waals surface area contributed by atoms with E-state index in [1.807, 2.05) is 41.9 Å². The number of aromatic nitrogens is 1. The summed E-state index contributed by atoms with van der Waals surface area (Å²) in [5, 5.41) is 14.4. The second-order valence-corrected chi connectivity index (χ2v) is 7.21. The minimum absolute atomic E-state index is 0. The van der Waals surface area contributed by atoms with Crippen molar-refractivity contribution < 1.29 is 12.4 Å². The zero-order chi connectivity index (χ0) is 19.1. The highest BCUT2D eigenvalue weighted by Crippen LogP contribution is 2.32. The van der Waals surface area contributed by atoms with E-state index in [1.165, 1.54) is 10.6 Å². The predicted octanol–water partition coefficient (Wildman–Crippen LogP) is 3.25. The van der Waals surface area contributed by atoms with E-state index in [-0.39, 0.29) is 12.4 Å². The first-order valence-corrected chi connectivity index (χ1v) is 10.0. The normalized spacial score (nSPS) is 10.7. The highest BCUT2D eigenvalue weighted by atomic mass is 35.5. The lowest BCUT2D eigenvalue weighted by Gasteiger charge is -2.11. The molecule has 0 aliphatic heterocycles. The Balaban J connectivity index is 0.00000280. The number of hydrogen-bond acceptors (Lipinski definition) is 5. The number of thiazole rings is 1. The molecular formula is C21H26ClN5S. The van der Waals surface area contributed by atoms with E-state index in [2.05, 4.69) is 64.8 Å². The van der Waals surface area contributed by atoms with Gasteiger partial charge in [0.15, 0.2) is 6.20 Å². The molecule has 0 unspecified atom stereocenters. The number of azo groups is 1. The molecule has 0 saturated carbocycles. The summed E-state index contributed by atoms with van der Waals surface area (Å²) in [7, 11) is 2.01. The molecule has 0 spiro atoms. The second-order valence-electron chi connectivity index (χ2n) is 6.22. The number of benzene rings is 2. The second kappa shape index (κ2) is 10.8. The minimum Gasteiger partial charge on any atom is -1.00 e. The standard InChI is InChI=1S/C21H26N5S.ClH/c1-4-26(5-2)20-16-25(3)21(27-20)24-23-19-13-11-18(12-14-19)22-15-17-9-7-6-8-10-17;/h6-14,16,22H,4-5,15H2,1-3H3;1H/q+1;/p-1. The van der Waals surface area contributed by atoms with Gasteiger partial charge < -0.3 is 22.6 Å². The van der Waals surface area contributed by atoms with Crippen LogP contribution in [0, 0.1) is 0 Å². The van der Waals surface area contributed by atoms with Gasteiger partial charge in [-0.3, -0.25) is 0 Å². The molecule has 0 saturated heterocycles. The largest absolute Gasteiger partial charge is 1.00 e. The van der Waals surface area contributed by atoms with Gasteiger partial charge in [-0.1, -0.05) is 30.3 Å². The van der Waals surface area contributed by atoms with Crippen LogP contribution < -0.4 is 22.6 Å². The van der Waals surface area contributed by atoms with Crippen LogP contribution >= 0.6 is 11.3 Å². The van der Waals surface area contributed by atoms with Crippen LogP contribution in [-0.4, -0.2) is 17.7 Å². The highest BCUT2D eigenvalue weighted by Gasteiger charge is 2.18. The summed E-state index contributed by atoms with van der Waals surface area (Å²) in [6.45, 7) is 7.12. The van der Waals surface area contributed by atoms with Gasteiger partial charge in [0, 0.05) is 32.4 Å². The molecule has 3 rings (SSSR count). The Labute approximate surface area is 177 Å². The average molecular weight is 416 g/mol. The number of rotatable bonds is 8. The summed E-state index contributed by atoms with van der Waals surface area (Å²) in [4.78, 5) is 2.32. The lowest BCUT2D eigenvalue weighted by molar-refractivity contribution is -0.00000555. The van der Waals surface area contributed by atoms with Crippen LogP contribution in [0.2, 0.25) is 0 Å². The van der Waals surface area contributed by atoms with Crippen molar-refractivity contribution in [3.63, 3.8) is 0 Å². The maximum absolute atomic E-state index is 4.43. The molecule has 5 nitrogen and oxygen atoms in total. The molecule has 1 aromatic heterocycles. The predicted molar refractivity (Wildman–Crippen MR) is 116 cm³/mol. The van der Waals surface area contributed by atoms with E-state index in [0.717, 1.165) is 36.1 Å². The van der Waals surface area contributed by atoms with Crippen molar-refractivity contribution >= 4 is 32.8 Å². The first-order valence-electron chi connectivity index (χ1n) is 9.23. The molecule has 0 atom stereocenters. The highest BCUT2D eigenvalue weighted by molar-refractivity contribution is 7.19. The van der Waals surface area contributed by atoms with Crippen LogP contribution in [0.3, 0.4) is 0 Å². The Morgan fingerprint density at radius 2 is 1.71 bits per heavy atom. The van der Waals surface area contributed by atoms with E-state index in [0.29, 0.717) is 0 Å². The van der Waals surface area contributed by atoms with E-state index in [9.17, 15) is 0 Å². The van der Waals surface area contributed by atoms with Gasteiger partial charge in [-0.25, -0.2) is 4.57 Å². The van der Waals surface area contributed by atoms with Gasteiger partial charge in [-0.15, -0.1) is 5.11 Å². The molecule has 1 N–H and O–H groups in total. The van der Waals surface area contributed by atoms with Crippen molar-refractivity contribution in [1.82, 2.24) is 4.57 Å². The van der Waals surface area contributed by atoms with Gasteiger partial charge in [0.2, 0.25) is 0 Å². The van der Waals surface area contributed by atoms with Gasteiger partial charge in [-0.2, -0.15) is 0 Å². The summed E-state index contributed by atoms with van der Waals surface area (Å²) in [5.41, 5.74) is 3.18. The maximum Gasteiger partial charge on any atom is 0.319 e. The van der Waals surface area contributed by atoms with Gasteiger partial charge in [-0.05, 0) is 48.8 Å². The fourth-order valence-corrected chi connectivity index (χ4v) is 3.80. The van der Waals surface area contributed by atoms with E-state index >= 15 is 0 Å². The Morgan fingerprint density at radius 3 is 2.36 bits per heavy atom. The molecule has 0 aliphatic carbocycles. The molecule has 0 amide bonds. The lowest BCUT2D eigenvalue weighted by atomic mass is 10.2.